The Morgan fingerprint density at radius 1 is 1.34 bits per heavy atom. The van der Waals surface area contributed by atoms with Gasteiger partial charge in [-0.15, -0.1) is 0 Å². The second kappa shape index (κ2) is 8.23. The minimum Gasteiger partial charge on any atom is -0.497 e. The maximum absolute atomic E-state index is 13.6. The standard InChI is InChI=1S/C23H21FN4O3S/c1-31-16-3-5-19-20(10-16)32-23(26-19)27-22(30)14-8-21(29)28(12-14)7-6-13-11-25-18-4-2-15(24)9-17(13)18/h2-5,9-11,14,25H,6-8,12H2,1H3,(H,26,27,30). The number of nitrogens with one attached hydrogen (secondary N) is 2. The van der Waals surface area contributed by atoms with Gasteiger partial charge in [0.2, 0.25) is 11.8 Å². The van der Waals surface area contributed by atoms with E-state index in [1.807, 2.05) is 24.4 Å². The molecule has 5 rings (SSSR count). The third-order valence-electron chi connectivity index (χ3n) is 5.79. The van der Waals surface area contributed by atoms with Crippen LogP contribution >= 0.6 is 11.3 Å². The average Bonchev–Trinajstić information content (AvgIpc) is 3.47. The number of methoxy groups -OCH3 is 1. The number of fused-ring (bicyclic) bond motifs is 2. The van der Waals surface area contributed by atoms with E-state index in [2.05, 4.69) is 15.3 Å². The monoisotopic (exact) mass is 452 g/mol. The Hall–Kier alpha value is -3.46. The molecule has 1 unspecified atom stereocenters. The zero-order valence-corrected chi connectivity index (χ0v) is 18.2. The van der Waals surface area contributed by atoms with E-state index in [1.54, 1.807) is 18.1 Å². The number of amides is 2. The summed E-state index contributed by atoms with van der Waals surface area (Å²) in [6.07, 6.45) is 2.60. The molecule has 2 amide bonds. The van der Waals surface area contributed by atoms with E-state index in [-0.39, 0.29) is 24.1 Å². The van der Waals surface area contributed by atoms with Gasteiger partial charge in [-0.3, -0.25) is 9.59 Å². The van der Waals surface area contributed by atoms with Crippen molar-refractivity contribution in [3.63, 3.8) is 0 Å². The minimum absolute atomic E-state index is 0.0507. The van der Waals surface area contributed by atoms with Crippen molar-refractivity contribution in [1.82, 2.24) is 14.9 Å². The lowest BCUT2D eigenvalue weighted by atomic mass is 10.1. The number of halogens is 1. The molecule has 1 saturated heterocycles. The number of aromatic amines is 1. The summed E-state index contributed by atoms with van der Waals surface area (Å²) in [7, 11) is 1.60. The molecule has 1 aliphatic rings. The Kier molecular flexibility index (Phi) is 5.26. The molecule has 4 aromatic rings. The summed E-state index contributed by atoms with van der Waals surface area (Å²) < 4.78 is 19.7. The van der Waals surface area contributed by atoms with Crippen LogP contribution in [0.4, 0.5) is 9.52 Å². The Morgan fingerprint density at radius 2 is 2.22 bits per heavy atom. The van der Waals surface area contributed by atoms with Crippen molar-refractivity contribution in [3.8, 4) is 5.75 Å². The topological polar surface area (TPSA) is 87.3 Å². The summed E-state index contributed by atoms with van der Waals surface area (Å²) in [5, 5.41) is 4.18. The van der Waals surface area contributed by atoms with Crippen molar-refractivity contribution < 1.29 is 18.7 Å². The number of benzene rings is 2. The summed E-state index contributed by atoms with van der Waals surface area (Å²) in [6, 6.07) is 10.2. The number of hydrogen-bond donors (Lipinski definition) is 2. The normalized spacial score (nSPS) is 16.2. The first-order chi connectivity index (χ1) is 15.5. The highest BCUT2D eigenvalue weighted by Gasteiger charge is 2.34. The Morgan fingerprint density at radius 3 is 3.06 bits per heavy atom. The van der Waals surface area contributed by atoms with Crippen molar-refractivity contribution >= 4 is 49.4 Å². The number of aromatic nitrogens is 2. The third kappa shape index (κ3) is 3.91. The highest BCUT2D eigenvalue weighted by atomic mass is 32.1. The maximum Gasteiger partial charge on any atom is 0.231 e. The van der Waals surface area contributed by atoms with Crippen LogP contribution in [-0.4, -0.2) is 46.9 Å². The molecule has 164 valence electrons. The predicted molar refractivity (Wildman–Crippen MR) is 121 cm³/mol. The van der Waals surface area contributed by atoms with Gasteiger partial charge in [-0.25, -0.2) is 9.37 Å². The smallest absolute Gasteiger partial charge is 0.231 e. The first-order valence-electron chi connectivity index (χ1n) is 10.3. The Labute approximate surface area is 187 Å². The van der Waals surface area contributed by atoms with Gasteiger partial charge in [-0.05, 0) is 48.4 Å². The van der Waals surface area contributed by atoms with Gasteiger partial charge >= 0.3 is 0 Å². The van der Waals surface area contributed by atoms with Crippen LogP contribution in [0, 0.1) is 11.7 Å². The number of hydrogen-bond acceptors (Lipinski definition) is 5. The van der Waals surface area contributed by atoms with Gasteiger partial charge in [-0.2, -0.15) is 0 Å². The zero-order valence-electron chi connectivity index (χ0n) is 17.4. The summed E-state index contributed by atoms with van der Waals surface area (Å²) in [4.78, 5) is 34.5. The quantitative estimate of drug-likeness (QED) is 0.464. The van der Waals surface area contributed by atoms with Crippen molar-refractivity contribution in [2.45, 2.75) is 12.8 Å². The SMILES string of the molecule is COc1ccc2nc(NC(=O)C3CC(=O)N(CCc4c[nH]c5ccc(F)cc45)C3)sc2c1. The molecular weight excluding hydrogens is 431 g/mol. The highest BCUT2D eigenvalue weighted by molar-refractivity contribution is 7.22. The van der Waals surface area contributed by atoms with E-state index in [4.69, 9.17) is 4.74 Å². The molecule has 1 fully saturated rings. The van der Waals surface area contributed by atoms with E-state index in [0.717, 1.165) is 32.4 Å². The fourth-order valence-electron chi connectivity index (χ4n) is 4.07. The number of carbonyl (C=O) groups is 2. The van der Waals surface area contributed by atoms with Crippen molar-refractivity contribution in [1.29, 1.82) is 0 Å². The van der Waals surface area contributed by atoms with Crippen molar-refractivity contribution in [3.05, 3.63) is 54.0 Å². The number of likely N-dealkylation sites (tertiary alicyclic amines) is 1. The van der Waals surface area contributed by atoms with E-state index in [9.17, 15) is 14.0 Å². The number of anilines is 1. The van der Waals surface area contributed by atoms with Gasteiger partial charge in [0.25, 0.3) is 0 Å². The number of thiazole rings is 1. The highest BCUT2D eigenvalue weighted by Crippen LogP contribution is 2.30. The number of carbonyl (C=O) groups excluding carboxylic acids is 2. The fourth-order valence-corrected chi connectivity index (χ4v) is 4.97. The first-order valence-corrected chi connectivity index (χ1v) is 11.1. The van der Waals surface area contributed by atoms with Crippen molar-refractivity contribution in [2.75, 3.05) is 25.5 Å². The van der Waals surface area contributed by atoms with E-state index in [1.165, 1.54) is 23.5 Å². The summed E-state index contributed by atoms with van der Waals surface area (Å²) in [5.41, 5.74) is 2.59. The molecule has 0 aliphatic carbocycles. The number of nitrogens with zero attached hydrogens (tertiary/aromatic N) is 2. The van der Waals surface area contributed by atoms with Gasteiger partial charge in [0, 0.05) is 36.6 Å². The molecule has 32 heavy (non-hydrogen) atoms. The van der Waals surface area contributed by atoms with Crippen LogP contribution in [0.2, 0.25) is 0 Å². The van der Waals surface area contributed by atoms with Gasteiger partial charge in [0.15, 0.2) is 5.13 Å². The van der Waals surface area contributed by atoms with E-state index < -0.39 is 5.92 Å². The third-order valence-corrected chi connectivity index (χ3v) is 6.73. The zero-order chi connectivity index (χ0) is 22.2. The van der Waals surface area contributed by atoms with E-state index >= 15 is 0 Å². The van der Waals surface area contributed by atoms with Gasteiger partial charge < -0.3 is 19.9 Å². The molecule has 0 radical (unpaired) electrons. The largest absolute Gasteiger partial charge is 0.497 e. The predicted octanol–water partition coefficient (Wildman–Crippen LogP) is 3.96. The van der Waals surface area contributed by atoms with E-state index in [0.29, 0.717) is 24.6 Å². The lowest BCUT2D eigenvalue weighted by Crippen LogP contribution is -2.29. The average molecular weight is 453 g/mol. The molecule has 2 N–H and O–H groups in total. The molecule has 3 heterocycles. The molecule has 0 spiro atoms. The molecular formula is C23H21FN4O3S. The first kappa shape index (κ1) is 20.4. The second-order valence-corrected chi connectivity index (χ2v) is 8.87. The summed E-state index contributed by atoms with van der Waals surface area (Å²) in [6.45, 7) is 0.840. The van der Waals surface area contributed by atoms with Gasteiger partial charge in [0.1, 0.15) is 11.6 Å². The van der Waals surface area contributed by atoms with Crippen LogP contribution < -0.4 is 10.1 Å². The van der Waals surface area contributed by atoms with Crippen LogP contribution in [-0.2, 0) is 16.0 Å². The molecule has 7 nitrogen and oxygen atoms in total. The van der Waals surface area contributed by atoms with Crippen LogP contribution in [0.25, 0.3) is 21.1 Å². The molecule has 0 bridgehead atoms. The second-order valence-electron chi connectivity index (χ2n) is 7.84. The number of H-pyrrole nitrogens is 1. The lowest BCUT2D eigenvalue weighted by Gasteiger charge is -2.16. The van der Waals surface area contributed by atoms with Crippen LogP contribution in [0.3, 0.4) is 0 Å². The summed E-state index contributed by atoms with van der Waals surface area (Å²) in [5.74, 6) is -0.245. The minimum atomic E-state index is -0.426. The van der Waals surface area contributed by atoms with Gasteiger partial charge in [0.05, 0.1) is 23.2 Å². The molecule has 9 heteroatoms. The molecule has 0 saturated carbocycles. The van der Waals surface area contributed by atoms with Crippen LogP contribution in [0.1, 0.15) is 12.0 Å². The molecule has 2 aromatic heterocycles. The maximum atomic E-state index is 13.6. The Balaban J connectivity index is 1.22. The summed E-state index contributed by atoms with van der Waals surface area (Å²) >= 11 is 1.37. The number of rotatable bonds is 6. The lowest BCUT2D eigenvalue weighted by molar-refractivity contribution is -0.128. The number of ether oxygens (including phenoxy) is 1. The molecule has 1 atom stereocenters. The molecule has 1 aliphatic heterocycles. The van der Waals surface area contributed by atoms with Crippen LogP contribution in [0.5, 0.6) is 5.75 Å². The Bertz CT molecular complexity index is 1330. The fraction of sp³-hybridized carbons (Fsp3) is 0.261. The van der Waals surface area contributed by atoms with Gasteiger partial charge in [-0.1, -0.05) is 11.3 Å². The van der Waals surface area contributed by atoms with Crippen LogP contribution in [0.15, 0.2) is 42.6 Å². The van der Waals surface area contributed by atoms with Crippen molar-refractivity contribution in [2.24, 2.45) is 5.92 Å². The molecule has 2 aromatic carbocycles.